The number of carbonyl (C=O) groups is 1. The first-order chi connectivity index (χ1) is 17.7. The third kappa shape index (κ3) is 7.92. The molecule has 37 heavy (non-hydrogen) atoms. The maximum absolute atomic E-state index is 14.0. The number of nitrogens with one attached hydrogen (secondary N) is 1. The average Bonchev–Trinajstić information content (AvgIpc) is 2.91. The molecule has 0 spiro atoms. The Hall–Kier alpha value is -2.64. The summed E-state index contributed by atoms with van der Waals surface area (Å²) in [4.78, 5) is 12.7. The maximum Gasteiger partial charge on any atom is 0.224 e. The standard InChI is InChI=1S/C26H34FNO9/c1-2-19(30)23(32)18(14-35-26-25(34)24(33)22(27)20(13-29)37-26)28-21(31)12-15-8-10-17(11-9-15)36-16-6-4-3-5-7-16/h3-11,18-20,22-26,29-30,32-34H,2,12-14H2,1H3,(H,28,31)/t18-,19+,20?,22-,23-,24-,25?,26-/m0/s1. The van der Waals surface area contributed by atoms with Crippen LogP contribution in [0.25, 0.3) is 0 Å². The molecule has 204 valence electrons. The van der Waals surface area contributed by atoms with Crippen LogP contribution in [-0.2, 0) is 20.7 Å². The van der Waals surface area contributed by atoms with Crippen LogP contribution in [0.15, 0.2) is 54.6 Å². The smallest absolute Gasteiger partial charge is 0.224 e. The van der Waals surface area contributed by atoms with Crippen LogP contribution in [0.3, 0.4) is 0 Å². The minimum atomic E-state index is -2.02. The number of benzene rings is 2. The number of halogens is 1. The summed E-state index contributed by atoms with van der Waals surface area (Å²) in [5.41, 5.74) is 0.664. The molecule has 0 aliphatic carbocycles. The lowest BCUT2D eigenvalue weighted by atomic mass is 10.0. The first-order valence-electron chi connectivity index (χ1n) is 12.1. The Morgan fingerprint density at radius 3 is 2.32 bits per heavy atom. The van der Waals surface area contributed by atoms with Crippen molar-refractivity contribution < 1.29 is 48.9 Å². The summed E-state index contributed by atoms with van der Waals surface area (Å²) >= 11 is 0. The lowest BCUT2D eigenvalue weighted by Gasteiger charge is -2.39. The second-order valence-corrected chi connectivity index (χ2v) is 8.86. The number of rotatable bonds is 12. The van der Waals surface area contributed by atoms with Crippen LogP contribution in [0.4, 0.5) is 4.39 Å². The van der Waals surface area contributed by atoms with Crippen LogP contribution in [0, 0.1) is 0 Å². The van der Waals surface area contributed by atoms with E-state index in [9.17, 15) is 34.7 Å². The lowest BCUT2D eigenvalue weighted by Crippen LogP contribution is -2.59. The fourth-order valence-electron chi connectivity index (χ4n) is 3.86. The van der Waals surface area contributed by atoms with E-state index in [4.69, 9.17) is 14.2 Å². The Labute approximate surface area is 214 Å². The van der Waals surface area contributed by atoms with E-state index in [0.29, 0.717) is 17.1 Å². The van der Waals surface area contributed by atoms with Crippen LogP contribution >= 0.6 is 0 Å². The van der Waals surface area contributed by atoms with Crippen LogP contribution in [0.2, 0.25) is 0 Å². The molecule has 1 heterocycles. The summed E-state index contributed by atoms with van der Waals surface area (Å²) in [6.45, 7) is 0.457. The Balaban J connectivity index is 1.60. The summed E-state index contributed by atoms with van der Waals surface area (Å²) in [5.74, 6) is 0.786. The monoisotopic (exact) mass is 523 g/mol. The second-order valence-electron chi connectivity index (χ2n) is 8.86. The molecule has 2 unspecified atom stereocenters. The third-order valence-corrected chi connectivity index (χ3v) is 6.08. The van der Waals surface area contributed by atoms with Crippen molar-refractivity contribution in [1.29, 1.82) is 0 Å². The third-order valence-electron chi connectivity index (χ3n) is 6.08. The number of hydrogen-bond donors (Lipinski definition) is 6. The van der Waals surface area contributed by atoms with E-state index >= 15 is 0 Å². The SMILES string of the molecule is CC[C@@H](O)[C@@H](O)[C@H](CO[C@H]1OC(CO)[C@H](F)[C@H](O)C1O)NC(=O)Cc1ccc(Oc2ccccc2)cc1. The van der Waals surface area contributed by atoms with Crippen molar-refractivity contribution in [1.82, 2.24) is 5.32 Å². The van der Waals surface area contributed by atoms with Gasteiger partial charge in [-0.15, -0.1) is 0 Å². The number of aliphatic hydroxyl groups excluding tert-OH is 5. The second kappa shape index (κ2) is 13.8. The molecule has 3 rings (SSSR count). The van der Waals surface area contributed by atoms with Gasteiger partial charge in [0.05, 0.1) is 31.8 Å². The molecule has 0 saturated carbocycles. The normalized spacial score (nSPS) is 26.2. The highest BCUT2D eigenvalue weighted by Gasteiger charge is 2.45. The summed E-state index contributed by atoms with van der Waals surface area (Å²) in [6, 6.07) is 15.0. The van der Waals surface area contributed by atoms with Gasteiger partial charge in [0.1, 0.15) is 35.9 Å². The molecule has 0 radical (unpaired) electrons. The van der Waals surface area contributed by atoms with Crippen molar-refractivity contribution in [2.75, 3.05) is 13.2 Å². The quantitative estimate of drug-likeness (QED) is 0.232. The van der Waals surface area contributed by atoms with Gasteiger partial charge in [0.25, 0.3) is 0 Å². The van der Waals surface area contributed by atoms with E-state index in [2.05, 4.69) is 5.32 Å². The summed E-state index contributed by atoms with van der Waals surface area (Å²) in [6.07, 6.45) is -11.1. The Bertz CT molecular complexity index is 962. The number of ether oxygens (including phenoxy) is 3. The predicted molar refractivity (Wildman–Crippen MR) is 130 cm³/mol. The summed E-state index contributed by atoms with van der Waals surface area (Å²) in [5, 5.41) is 52.5. The molecule has 0 aromatic heterocycles. The number of carbonyl (C=O) groups excluding carboxylic acids is 1. The van der Waals surface area contributed by atoms with Gasteiger partial charge in [0.2, 0.25) is 5.91 Å². The molecule has 8 atom stereocenters. The van der Waals surface area contributed by atoms with E-state index in [1.165, 1.54) is 0 Å². The Morgan fingerprint density at radius 1 is 1.05 bits per heavy atom. The van der Waals surface area contributed by atoms with Gasteiger partial charge in [0, 0.05) is 0 Å². The minimum absolute atomic E-state index is 0.0472. The molecule has 2 aromatic rings. The molecule has 1 aliphatic rings. The van der Waals surface area contributed by atoms with Crippen molar-refractivity contribution in [3.8, 4) is 11.5 Å². The predicted octanol–water partition coefficient (Wildman–Crippen LogP) is 0.432. The highest BCUT2D eigenvalue weighted by molar-refractivity contribution is 5.79. The molecule has 1 fully saturated rings. The summed E-state index contributed by atoms with van der Waals surface area (Å²) in [7, 11) is 0. The molecule has 10 nitrogen and oxygen atoms in total. The molecule has 6 N–H and O–H groups in total. The van der Waals surface area contributed by atoms with Gasteiger partial charge in [-0.25, -0.2) is 4.39 Å². The largest absolute Gasteiger partial charge is 0.457 e. The van der Waals surface area contributed by atoms with Gasteiger partial charge >= 0.3 is 0 Å². The van der Waals surface area contributed by atoms with Crippen molar-refractivity contribution in [2.24, 2.45) is 0 Å². The molecular formula is C26H34FNO9. The molecule has 0 bridgehead atoms. The van der Waals surface area contributed by atoms with E-state index in [0.717, 1.165) is 0 Å². The summed E-state index contributed by atoms with van der Waals surface area (Å²) < 4.78 is 30.3. The zero-order valence-electron chi connectivity index (χ0n) is 20.4. The topological polar surface area (TPSA) is 158 Å². The fraction of sp³-hybridized carbons (Fsp3) is 0.500. The minimum Gasteiger partial charge on any atom is -0.457 e. The van der Waals surface area contributed by atoms with E-state index in [1.807, 2.05) is 30.3 Å². The van der Waals surface area contributed by atoms with Crippen molar-refractivity contribution in [3.05, 3.63) is 60.2 Å². The van der Waals surface area contributed by atoms with Gasteiger partial charge in [0.15, 0.2) is 12.5 Å². The van der Waals surface area contributed by atoms with Crippen molar-refractivity contribution in [2.45, 2.75) is 68.8 Å². The van der Waals surface area contributed by atoms with E-state index in [-0.39, 0.29) is 12.8 Å². The van der Waals surface area contributed by atoms with Crippen LogP contribution in [0.5, 0.6) is 11.5 Å². The Morgan fingerprint density at radius 2 is 1.70 bits per heavy atom. The van der Waals surface area contributed by atoms with E-state index < -0.39 is 68.1 Å². The molecule has 11 heteroatoms. The zero-order chi connectivity index (χ0) is 26.9. The van der Waals surface area contributed by atoms with Crippen LogP contribution in [0.1, 0.15) is 18.9 Å². The molecule has 1 saturated heterocycles. The molecule has 2 aromatic carbocycles. The number of para-hydroxylation sites is 1. The van der Waals surface area contributed by atoms with Gasteiger partial charge in [-0.1, -0.05) is 37.3 Å². The molecule has 1 amide bonds. The molecule has 1 aliphatic heterocycles. The first kappa shape index (κ1) is 28.9. The number of hydrogen-bond acceptors (Lipinski definition) is 9. The highest BCUT2D eigenvalue weighted by atomic mass is 19.1. The van der Waals surface area contributed by atoms with Crippen LogP contribution < -0.4 is 10.1 Å². The number of aliphatic hydroxyl groups is 5. The lowest BCUT2D eigenvalue weighted by molar-refractivity contribution is -0.293. The van der Waals surface area contributed by atoms with Gasteiger partial charge < -0.3 is 45.1 Å². The average molecular weight is 524 g/mol. The number of amides is 1. The maximum atomic E-state index is 14.0. The van der Waals surface area contributed by atoms with Crippen molar-refractivity contribution >= 4 is 5.91 Å². The van der Waals surface area contributed by atoms with Gasteiger partial charge in [-0.2, -0.15) is 0 Å². The number of alkyl halides is 1. The highest BCUT2D eigenvalue weighted by Crippen LogP contribution is 2.25. The van der Waals surface area contributed by atoms with Gasteiger partial charge in [-0.3, -0.25) is 4.79 Å². The van der Waals surface area contributed by atoms with Crippen molar-refractivity contribution in [3.63, 3.8) is 0 Å². The molecular weight excluding hydrogens is 489 g/mol. The Kier molecular flexibility index (Phi) is 10.8. The fourth-order valence-corrected chi connectivity index (χ4v) is 3.86. The zero-order valence-corrected chi connectivity index (χ0v) is 20.4. The van der Waals surface area contributed by atoms with Crippen LogP contribution in [-0.4, -0.2) is 93.7 Å². The van der Waals surface area contributed by atoms with E-state index in [1.54, 1.807) is 31.2 Å². The van der Waals surface area contributed by atoms with Gasteiger partial charge in [-0.05, 0) is 36.2 Å². The first-order valence-corrected chi connectivity index (χ1v) is 12.1.